The zero-order valence-corrected chi connectivity index (χ0v) is 11.3. The van der Waals surface area contributed by atoms with Crippen molar-refractivity contribution in [2.24, 2.45) is 11.7 Å². The van der Waals surface area contributed by atoms with E-state index in [4.69, 9.17) is 10.5 Å². The summed E-state index contributed by atoms with van der Waals surface area (Å²) >= 11 is 0. The highest BCUT2D eigenvalue weighted by molar-refractivity contribution is 5.78. The predicted octanol–water partition coefficient (Wildman–Crippen LogP) is 1.47. The first-order chi connectivity index (χ1) is 8.50. The van der Waals surface area contributed by atoms with Gasteiger partial charge in [0.05, 0.1) is 6.54 Å². The fourth-order valence-corrected chi connectivity index (χ4v) is 1.38. The second-order valence-corrected chi connectivity index (χ2v) is 4.60. The first-order valence-electron chi connectivity index (χ1n) is 6.23. The first kappa shape index (κ1) is 14.5. The molecule has 1 amide bonds. The maximum Gasteiger partial charge on any atom is 0.224 e. The monoisotopic (exact) mass is 250 g/mol. The standard InChI is InChI=1S/C14H22N2O2/c1-10-4-6-13(7-5-10)18-9-8-16-14(17)11(2)12(3)15/h4-7,11-12H,8-9,15H2,1-3H3,(H,16,17). The van der Waals surface area contributed by atoms with Gasteiger partial charge < -0.3 is 15.8 Å². The Morgan fingerprint density at radius 2 is 1.94 bits per heavy atom. The van der Waals surface area contributed by atoms with Crippen molar-refractivity contribution in [3.05, 3.63) is 29.8 Å². The fraction of sp³-hybridized carbons (Fsp3) is 0.500. The van der Waals surface area contributed by atoms with Gasteiger partial charge in [-0.05, 0) is 26.0 Å². The van der Waals surface area contributed by atoms with Gasteiger partial charge in [0.2, 0.25) is 5.91 Å². The van der Waals surface area contributed by atoms with Crippen molar-refractivity contribution < 1.29 is 9.53 Å². The number of aryl methyl sites for hydroxylation is 1. The topological polar surface area (TPSA) is 64.3 Å². The molecule has 0 fully saturated rings. The SMILES string of the molecule is Cc1ccc(OCCNC(=O)C(C)C(C)N)cc1. The van der Waals surface area contributed by atoms with Crippen LogP contribution < -0.4 is 15.8 Å². The molecule has 0 aliphatic heterocycles. The lowest BCUT2D eigenvalue weighted by molar-refractivity contribution is -0.125. The summed E-state index contributed by atoms with van der Waals surface area (Å²) in [4.78, 5) is 11.6. The summed E-state index contributed by atoms with van der Waals surface area (Å²) in [5.74, 6) is 0.608. The third kappa shape index (κ3) is 4.75. The zero-order valence-electron chi connectivity index (χ0n) is 11.3. The first-order valence-corrected chi connectivity index (χ1v) is 6.23. The van der Waals surface area contributed by atoms with Crippen molar-refractivity contribution in [3.8, 4) is 5.75 Å². The third-order valence-corrected chi connectivity index (χ3v) is 2.89. The van der Waals surface area contributed by atoms with Crippen LogP contribution in [0.3, 0.4) is 0 Å². The molecular formula is C14H22N2O2. The van der Waals surface area contributed by atoms with E-state index in [1.807, 2.05) is 45.0 Å². The van der Waals surface area contributed by atoms with E-state index >= 15 is 0 Å². The Labute approximate surface area is 109 Å². The molecule has 0 aromatic heterocycles. The lowest BCUT2D eigenvalue weighted by Crippen LogP contribution is -2.40. The van der Waals surface area contributed by atoms with Crippen LogP contribution in [-0.2, 0) is 4.79 Å². The van der Waals surface area contributed by atoms with Gasteiger partial charge in [-0.25, -0.2) is 0 Å². The van der Waals surface area contributed by atoms with E-state index in [0.717, 1.165) is 5.75 Å². The highest BCUT2D eigenvalue weighted by atomic mass is 16.5. The Bertz CT molecular complexity index is 374. The smallest absolute Gasteiger partial charge is 0.224 e. The number of carbonyl (C=O) groups is 1. The number of ether oxygens (including phenoxy) is 1. The van der Waals surface area contributed by atoms with Crippen LogP contribution in [-0.4, -0.2) is 25.1 Å². The molecular weight excluding hydrogens is 228 g/mol. The van der Waals surface area contributed by atoms with E-state index in [2.05, 4.69) is 5.32 Å². The molecule has 1 aromatic rings. The van der Waals surface area contributed by atoms with Gasteiger partial charge in [0, 0.05) is 12.0 Å². The largest absolute Gasteiger partial charge is 0.492 e. The molecule has 0 bridgehead atoms. The highest BCUT2D eigenvalue weighted by Crippen LogP contribution is 2.10. The molecule has 0 saturated carbocycles. The minimum absolute atomic E-state index is 0.0301. The van der Waals surface area contributed by atoms with E-state index in [0.29, 0.717) is 13.2 Å². The summed E-state index contributed by atoms with van der Waals surface area (Å²) in [6.07, 6.45) is 0. The van der Waals surface area contributed by atoms with Crippen LogP contribution in [0.1, 0.15) is 19.4 Å². The Morgan fingerprint density at radius 1 is 1.33 bits per heavy atom. The van der Waals surface area contributed by atoms with Gasteiger partial charge in [-0.1, -0.05) is 24.6 Å². The van der Waals surface area contributed by atoms with Crippen molar-refractivity contribution >= 4 is 5.91 Å². The van der Waals surface area contributed by atoms with Crippen LogP contribution in [0.4, 0.5) is 0 Å². The molecule has 18 heavy (non-hydrogen) atoms. The number of hydrogen-bond donors (Lipinski definition) is 2. The minimum Gasteiger partial charge on any atom is -0.492 e. The lowest BCUT2D eigenvalue weighted by Gasteiger charge is -2.15. The van der Waals surface area contributed by atoms with Gasteiger partial charge >= 0.3 is 0 Å². The molecule has 1 rings (SSSR count). The minimum atomic E-state index is -0.177. The van der Waals surface area contributed by atoms with E-state index in [9.17, 15) is 4.79 Å². The summed E-state index contributed by atoms with van der Waals surface area (Å²) in [7, 11) is 0. The summed E-state index contributed by atoms with van der Waals surface area (Å²) in [6.45, 7) is 6.62. The number of carbonyl (C=O) groups excluding carboxylic acids is 1. The number of benzene rings is 1. The average molecular weight is 250 g/mol. The van der Waals surface area contributed by atoms with E-state index in [-0.39, 0.29) is 17.9 Å². The molecule has 0 aliphatic carbocycles. The molecule has 4 nitrogen and oxygen atoms in total. The summed E-state index contributed by atoms with van der Waals surface area (Å²) in [5.41, 5.74) is 6.85. The van der Waals surface area contributed by atoms with Crippen LogP contribution in [0.15, 0.2) is 24.3 Å². The van der Waals surface area contributed by atoms with Crippen LogP contribution in [0.2, 0.25) is 0 Å². The number of rotatable bonds is 6. The lowest BCUT2D eigenvalue weighted by atomic mass is 10.0. The molecule has 100 valence electrons. The molecule has 0 radical (unpaired) electrons. The van der Waals surface area contributed by atoms with Crippen LogP contribution in [0.5, 0.6) is 5.75 Å². The maximum absolute atomic E-state index is 11.6. The van der Waals surface area contributed by atoms with Gasteiger partial charge in [-0.3, -0.25) is 4.79 Å². The summed E-state index contributed by atoms with van der Waals surface area (Å²) in [6, 6.07) is 7.68. The van der Waals surface area contributed by atoms with E-state index in [1.165, 1.54) is 5.56 Å². The van der Waals surface area contributed by atoms with Crippen LogP contribution in [0, 0.1) is 12.8 Å². The quantitative estimate of drug-likeness (QED) is 0.751. The van der Waals surface area contributed by atoms with Crippen LogP contribution >= 0.6 is 0 Å². The van der Waals surface area contributed by atoms with E-state index in [1.54, 1.807) is 0 Å². The second kappa shape index (κ2) is 7.01. The fourth-order valence-electron chi connectivity index (χ4n) is 1.38. The third-order valence-electron chi connectivity index (χ3n) is 2.89. The second-order valence-electron chi connectivity index (χ2n) is 4.60. The number of nitrogens with two attached hydrogens (primary N) is 1. The normalized spacial score (nSPS) is 13.8. The number of nitrogens with one attached hydrogen (secondary N) is 1. The van der Waals surface area contributed by atoms with Crippen LogP contribution in [0.25, 0.3) is 0 Å². The Kier molecular flexibility index (Phi) is 5.65. The van der Waals surface area contributed by atoms with Gasteiger partial charge in [-0.2, -0.15) is 0 Å². The van der Waals surface area contributed by atoms with E-state index < -0.39 is 0 Å². The maximum atomic E-state index is 11.6. The molecule has 1 aromatic carbocycles. The highest BCUT2D eigenvalue weighted by Gasteiger charge is 2.15. The summed E-state index contributed by atoms with van der Waals surface area (Å²) < 4.78 is 5.51. The zero-order chi connectivity index (χ0) is 13.5. The number of amides is 1. The van der Waals surface area contributed by atoms with Gasteiger partial charge in [0.25, 0.3) is 0 Å². The molecule has 0 heterocycles. The molecule has 3 N–H and O–H groups in total. The van der Waals surface area contributed by atoms with Crippen molar-refractivity contribution in [2.45, 2.75) is 26.8 Å². The molecule has 0 spiro atoms. The van der Waals surface area contributed by atoms with Crippen molar-refractivity contribution in [2.75, 3.05) is 13.2 Å². The molecule has 0 aliphatic rings. The van der Waals surface area contributed by atoms with Crippen molar-refractivity contribution in [1.29, 1.82) is 0 Å². The molecule has 2 atom stereocenters. The predicted molar refractivity (Wildman–Crippen MR) is 72.5 cm³/mol. The molecule has 0 saturated heterocycles. The Balaban J connectivity index is 2.23. The van der Waals surface area contributed by atoms with Gasteiger partial charge in [0.1, 0.15) is 12.4 Å². The van der Waals surface area contributed by atoms with Gasteiger partial charge in [0.15, 0.2) is 0 Å². The van der Waals surface area contributed by atoms with Crippen molar-refractivity contribution in [1.82, 2.24) is 5.32 Å². The molecule has 2 unspecified atom stereocenters. The molecule has 4 heteroatoms. The average Bonchev–Trinajstić information content (AvgIpc) is 2.35. The Morgan fingerprint density at radius 3 is 2.50 bits per heavy atom. The number of hydrogen-bond acceptors (Lipinski definition) is 3. The van der Waals surface area contributed by atoms with Crippen molar-refractivity contribution in [3.63, 3.8) is 0 Å². The van der Waals surface area contributed by atoms with Gasteiger partial charge in [-0.15, -0.1) is 0 Å². The summed E-state index contributed by atoms with van der Waals surface area (Å²) in [5, 5.41) is 2.80. The Hall–Kier alpha value is -1.55.